The smallest absolute Gasteiger partial charge is 0.335 e. The SMILES string of the molecule is Cc1c(C)c(COc2cc(C(=O)O)cc(C(=O)O)c2)c(C)c(C)c1COc1cc(C(=O)O)cc(C(=O)O)c1. The molecular weight excluding hydrogens is 496 g/mol. The van der Waals surface area contributed by atoms with Gasteiger partial charge in [-0.05, 0) is 97.5 Å². The Morgan fingerprint density at radius 3 is 0.947 bits per heavy atom. The van der Waals surface area contributed by atoms with E-state index in [0.717, 1.165) is 45.5 Å². The van der Waals surface area contributed by atoms with Crippen molar-refractivity contribution in [3.05, 3.63) is 92.0 Å². The van der Waals surface area contributed by atoms with Gasteiger partial charge in [-0.2, -0.15) is 0 Å². The van der Waals surface area contributed by atoms with E-state index < -0.39 is 23.9 Å². The number of rotatable bonds is 10. The number of hydrogen-bond acceptors (Lipinski definition) is 6. The van der Waals surface area contributed by atoms with Crippen molar-refractivity contribution >= 4 is 23.9 Å². The lowest BCUT2D eigenvalue weighted by molar-refractivity contribution is 0.0675. The second-order valence-electron chi connectivity index (χ2n) is 8.75. The van der Waals surface area contributed by atoms with Crippen LogP contribution in [0.4, 0.5) is 0 Å². The van der Waals surface area contributed by atoms with Crippen LogP contribution >= 0.6 is 0 Å². The molecule has 0 unspecified atom stereocenters. The second-order valence-corrected chi connectivity index (χ2v) is 8.75. The average molecular weight is 523 g/mol. The molecule has 0 fully saturated rings. The van der Waals surface area contributed by atoms with Crippen LogP contribution in [0, 0.1) is 27.7 Å². The standard InChI is InChI=1S/C28H26O10/c1-13-14(2)24(12-38-22-9-19(27(33)34)6-20(10-22)28(35)36)16(4)15(3)23(13)11-37-21-7-17(25(29)30)5-18(8-21)26(31)32/h5-10H,11-12H2,1-4H3,(H,29,30)(H,31,32)(H,33,34)(H,35,36). The van der Waals surface area contributed by atoms with Crippen molar-refractivity contribution in [2.45, 2.75) is 40.9 Å². The molecule has 0 spiro atoms. The van der Waals surface area contributed by atoms with Crippen LogP contribution in [0.25, 0.3) is 0 Å². The summed E-state index contributed by atoms with van der Waals surface area (Å²) in [6.07, 6.45) is 0. The first-order valence-electron chi connectivity index (χ1n) is 11.4. The molecule has 38 heavy (non-hydrogen) atoms. The van der Waals surface area contributed by atoms with Crippen LogP contribution in [0.3, 0.4) is 0 Å². The van der Waals surface area contributed by atoms with Crippen molar-refractivity contribution in [1.82, 2.24) is 0 Å². The average Bonchev–Trinajstić information content (AvgIpc) is 2.86. The molecule has 0 amide bonds. The first-order chi connectivity index (χ1) is 17.8. The molecule has 10 heteroatoms. The lowest BCUT2D eigenvalue weighted by Crippen LogP contribution is -2.11. The van der Waals surface area contributed by atoms with E-state index in [1.165, 1.54) is 24.3 Å². The third kappa shape index (κ3) is 5.92. The summed E-state index contributed by atoms with van der Waals surface area (Å²) in [6.45, 7) is 7.65. The fourth-order valence-corrected chi connectivity index (χ4v) is 4.07. The van der Waals surface area contributed by atoms with Gasteiger partial charge in [-0.3, -0.25) is 0 Å². The number of carboxylic acid groups (broad SMARTS) is 4. The minimum Gasteiger partial charge on any atom is -0.489 e. The summed E-state index contributed by atoms with van der Waals surface area (Å²) in [5.74, 6) is -4.87. The minimum absolute atomic E-state index is 0.0608. The Bertz CT molecular complexity index is 1260. The Kier molecular flexibility index (Phi) is 8.05. The molecule has 0 bridgehead atoms. The van der Waals surface area contributed by atoms with Crippen LogP contribution in [0.15, 0.2) is 36.4 Å². The van der Waals surface area contributed by atoms with Crippen molar-refractivity contribution in [2.75, 3.05) is 0 Å². The van der Waals surface area contributed by atoms with E-state index in [0.29, 0.717) is 0 Å². The summed E-state index contributed by atoms with van der Waals surface area (Å²) in [4.78, 5) is 45.5. The number of carbonyl (C=O) groups is 4. The Labute approximate surface area is 217 Å². The van der Waals surface area contributed by atoms with Crippen molar-refractivity contribution in [1.29, 1.82) is 0 Å². The fourth-order valence-electron chi connectivity index (χ4n) is 4.07. The van der Waals surface area contributed by atoms with Crippen molar-refractivity contribution in [3.8, 4) is 11.5 Å². The molecule has 0 heterocycles. The molecule has 0 saturated carbocycles. The van der Waals surface area contributed by atoms with Crippen molar-refractivity contribution in [3.63, 3.8) is 0 Å². The van der Waals surface area contributed by atoms with Crippen molar-refractivity contribution < 1.29 is 49.1 Å². The van der Waals surface area contributed by atoms with Gasteiger partial charge in [-0.1, -0.05) is 0 Å². The monoisotopic (exact) mass is 522 g/mol. The van der Waals surface area contributed by atoms with Crippen LogP contribution < -0.4 is 9.47 Å². The molecule has 198 valence electrons. The Morgan fingerprint density at radius 2 is 0.737 bits per heavy atom. The normalized spacial score (nSPS) is 10.6. The third-order valence-electron chi connectivity index (χ3n) is 6.50. The largest absolute Gasteiger partial charge is 0.489 e. The molecule has 0 aromatic heterocycles. The van der Waals surface area contributed by atoms with Gasteiger partial charge in [0.2, 0.25) is 0 Å². The zero-order valence-electron chi connectivity index (χ0n) is 21.1. The molecule has 3 aromatic carbocycles. The molecule has 3 rings (SSSR count). The summed E-state index contributed by atoms with van der Waals surface area (Å²) in [6, 6.07) is 7.16. The maximum atomic E-state index is 11.4. The van der Waals surface area contributed by atoms with Gasteiger partial charge in [0.25, 0.3) is 0 Å². The first kappa shape index (κ1) is 27.7. The number of ether oxygens (including phenoxy) is 2. The van der Waals surface area contributed by atoms with E-state index in [9.17, 15) is 39.6 Å². The highest BCUT2D eigenvalue weighted by atomic mass is 16.5. The predicted octanol–water partition coefficient (Wildman–Crippen LogP) is 4.87. The maximum Gasteiger partial charge on any atom is 0.335 e. The second kappa shape index (κ2) is 11.0. The number of hydrogen-bond donors (Lipinski definition) is 4. The van der Waals surface area contributed by atoms with E-state index in [2.05, 4.69) is 0 Å². The topological polar surface area (TPSA) is 168 Å². The van der Waals surface area contributed by atoms with Crippen LogP contribution in [0.2, 0.25) is 0 Å². The molecule has 0 aliphatic carbocycles. The van der Waals surface area contributed by atoms with E-state index in [1.54, 1.807) is 0 Å². The van der Waals surface area contributed by atoms with Gasteiger partial charge < -0.3 is 29.9 Å². The minimum atomic E-state index is -1.27. The highest BCUT2D eigenvalue weighted by molar-refractivity contribution is 5.95. The first-order valence-corrected chi connectivity index (χ1v) is 11.4. The lowest BCUT2D eigenvalue weighted by atomic mass is 9.89. The number of benzene rings is 3. The molecule has 0 aliphatic rings. The number of aromatic carboxylic acids is 4. The van der Waals surface area contributed by atoms with E-state index >= 15 is 0 Å². The molecular formula is C28H26O10. The molecule has 3 aromatic rings. The Balaban J connectivity index is 1.89. The van der Waals surface area contributed by atoms with Crippen LogP contribution in [0.5, 0.6) is 11.5 Å². The number of carboxylic acids is 4. The fraction of sp³-hybridized carbons (Fsp3) is 0.214. The predicted molar refractivity (Wildman–Crippen MR) is 135 cm³/mol. The quantitative estimate of drug-likeness (QED) is 0.288. The Morgan fingerprint density at radius 1 is 0.500 bits per heavy atom. The van der Waals surface area contributed by atoms with Crippen LogP contribution in [-0.4, -0.2) is 44.3 Å². The van der Waals surface area contributed by atoms with Crippen LogP contribution in [0.1, 0.15) is 74.8 Å². The maximum absolute atomic E-state index is 11.4. The van der Waals surface area contributed by atoms with Gasteiger partial charge in [0.1, 0.15) is 24.7 Å². The van der Waals surface area contributed by atoms with E-state index in [-0.39, 0.29) is 47.0 Å². The van der Waals surface area contributed by atoms with Gasteiger partial charge in [0, 0.05) is 0 Å². The van der Waals surface area contributed by atoms with Crippen molar-refractivity contribution in [2.24, 2.45) is 0 Å². The van der Waals surface area contributed by atoms with E-state index in [1.807, 2.05) is 27.7 Å². The highest BCUT2D eigenvalue weighted by Gasteiger charge is 2.18. The molecule has 0 aliphatic heterocycles. The summed E-state index contributed by atoms with van der Waals surface area (Å²) >= 11 is 0. The molecule has 4 N–H and O–H groups in total. The third-order valence-corrected chi connectivity index (χ3v) is 6.50. The van der Waals surface area contributed by atoms with Gasteiger partial charge in [0.05, 0.1) is 22.3 Å². The molecule has 0 atom stereocenters. The summed E-state index contributed by atoms with van der Waals surface area (Å²) < 4.78 is 11.6. The molecule has 10 nitrogen and oxygen atoms in total. The van der Waals surface area contributed by atoms with Crippen LogP contribution in [-0.2, 0) is 13.2 Å². The Hall–Kier alpha value is -4.86. The summed E-state index contributed by atoms with van der Waals surface area (Å²) in [7, 11) is 0. The van der Waals surface area contributed by atoms with Gasteiger partial charge in [-0.25, -0.2) is 19.2 Å². The molecule has 0 radical (unpaired) electrons. The summed E-state index contributed by atoms with van der Waals surface area (Å²) in [5, 5.41) is 37.2. The summed E-state index contributed by atoms with van der Waals surface area (Å²) in [5.41, 5.74) is 4.38. The molecule has 0 saturated heterocycles. The van der Waals surface area contributed by atoms with E-state index in [4.69, 9.17) is 9.47 Å². The van der Waals surface area contributed by atoms with Gasteiger partial charge in [0.15, 0.2) is 0 Å². The zero-order chi connectivity index (χ0) is 28.3. The van der Waals surface area contributed by atoms with Gasteiger partial charge in [-0.15, -0.1) is 0 Å². The van der Waals surface area contributed by atoms with Gasteiger partial charge >= 0.3 is 23.9 Å². The highest BCUT2D eigenvalue weighted by Crippen LogP contribution is 2.30. The zero-order valence-corrected chi connectivity index (χ0v) is 21.1. The lowest BCUT2D eigenvalue weighted by Gasteiger charge is -2.21.